The van der Waals surface area contributed by atoms with E-state index < -0.39 is 10.5 Å². The highest BCUT2D eigenvalue weighted by atomic mass is 16.6. The van der Waals surface area contributed by atoms with Crippen LogP contribution in [0.15, 0.2) is 18.2 Å². The van der Waals surface area contributed by atoms with Crippen molar-refractivity contribution in [1.29, 1.82) is 0 Å². The molecular weight excluding hydrogens is 262 g/mol. The molecule has 0 atom stereocenters. The Kier molecular flexibility index (Phi) is 5.04. The summed E-state index contributed by atoms with van der Waals surface area (Å²) in [7, 11) is 3.08. The van der Waals surface area contributed by atoms with Crippen LogP contribution in [0.25, 0.3) is 0 Å². The molecule has 0 saturated heterocycles. The molecule has 0 aromatic heterocycles. The number of nitro benzene ring substituents is 1. The SMILES string of the molecule is CNc1c(C(=O)NC(C)(C)COC)cccc1[N+](=O)[O-]. The van der Waals surface area contributed by atoms with E-state index in [-0.39, 0.29) is 22.8 Å². The molecule has 20 heavy (non-hydrogen) atoms. The van der Waals surface area contributed by atoms with Gasteiger partial charge in [0, 0.05) is 20.2 Å². The normalized spacial score (nSPS) is 11.0. The van der Waals surface area contributed by atoms with Crippen LogP contribution in [0, 0.1) is 10.1 Å². The molecule has 0 saturated carbocycles. The molecule has 0 fully saturated rings. The summed E-state index contributed by atoms with van der Waals surface area (Å²) in [5, 5.41) is 16.5. The van der Waals surface area contributed by atoms with Gasteiger partial charge in [0.1, 0.15) is 5.69 Å². The summed E-state index contributed by atoms with van der Waals surface area (Å²) in [5.74, 6) is -0.389. The van der Waals surface area contributed by atoms with E-state index in [0.717, 1.165) is 0 Å². The highest BCUT2D eigenvalue weighted by molar-refractivity contribution is 6.01. The number of carbonyl (C=O) groups is 1. The van der Waals surface area contributed by atoms with Crippen molar-refractivity contribution in [2.24, 2.45) is 0 Å². The number of nitro groups is 1. The van der Waals surface area contributed by atoms with E-state index in [0.29, 0.717) is 6.61 Å². The molecule has 1 aromatic rings. The molecule has 7 heteroatoms. The summed E-state index contributed by atoms with van der Waals surface area (Å²) in [6.45, 7) is 3.96. The summed E-state index contributed by atoms with van der Waals surface area (Å²) >= 11 is 0. The number of benzene rings is 1. The zero-order valence-corrected chi connectivity index (χ0v) is 12.0. The largest absolute Gasteiger partial charge is 0.382 e. The molecule has 110 valence electrons. The first-order valence-electron chi connectivity index (χ1n) is 6.09. The third-order valence-electron chi connectivity index (χ3n) is 2.69. The number of hydrogen-bond donors (Lipinski definition) is 2. The second kappa shape index (κ2) is 6.33. The van der Waals surface area contributed by atoms with Gasteiger partial charge in [-0.2, -0.15) is 0 Å². The lowest BCUT2D eigenvalue weighted by molar-refractivity contribution is -0.384. The van der Waals surface area contributed by atoms with Crippen molar-refractivity contribution in [3.63, 3.8) is 0 Å². The maximum absolute atomic E-state index is 12.3. The van der Waals surface area contributed by atoms with Crippen molar-refractivity contribution in [2.45, 2.75) is 19.4 Å². The molecule has 0 radical (unpaired) electrons. The Balaban J connectivity index is 3.10. The maximum atomic E-state index is 12.3. The zero-order valence-electron chi connectivity index (χ0n) is 12.0. The minimum absolute atomic E-state index is 0.135. The van der Waals surface area contributed by atoms with Crippen LogP contribution in [0.3, 0.4) is 0 Å². The minimum atomic E-state index is -0.568. The molecule has 1 rings (SSSR count). The Morgan fingerprint density at radius 2 is 2.10 bits per heavy atom. The van der Waals surface area contributed by atoms with Gasteiger partial charge in [-0.3, -0.25) is 14.9 Å². The highest BCUT2D eigenvalue weighted by Gasteiger charge is 2.25. The maximum Gasteiger partial charge on any atom is 0.293 e. The summed E-state index contributed by atoms with van der Waals surface area (Å²) in [4.78, 5) is 22.7. The van der Waals surface area contributed by atoms with E-state index in [2.05, 4.69) is 10.6 Å². The number of nitrogens with zero attached hydrogens (tertiary/aromatic N) is 1. The quantitative estimate of drug-likeness (QED) is 0.612. The lowest BCUT2D eigenvalue weighted by Crippen LogP contribution is -2.46. The van der Waals surface area contributed by atoms with Crippen LogP contribution < -0.4 is 10.6 Å². The van der Waals surface area contributed by atoms with Crippen molar-refractivity contribution in [1.82, 2.24) is 5.32 Å². The van der Waals surface area contributed by atoms with Crippen LogP contribution >= 0.6 is 0 Å². The van der Waals surface area contributed by atoms with Crippen LogP contribution in [-0.4, -0.2) is 37.1 Å². The number of ether oxygens (including phenoxy) is 1. The van der Waals surface area contributed by atoms with Gasteiger partial charge >= 0.3 is 0 Å². The Morgan fingerprint density at radius 3 is 2.60 bits per heavy atom. The monoisotopic (exact) mass is 281 g/mol. The molecule has 0 spiro atoms. The Hall–Kier alpha value is -2.15. The number of amides is 1. The smallest absolute Gasteiger partial charge is 0.293 e. The van der Waals surface area contributed by atoms with E-state index in [4.69, 9.17) is 4.74 Å². The van der Waals surface area contributed by atoms with Crippen molar-refractivity contribution < 1.29 is 14.5 Å². The summed E-state index contributed by atoms with van der Waals surface area (Å²) in [6, 6.07) is 4.37. The van der Waals surface area contributed by atoms with Crippen molar-refractivity contribution in [2.75, 3.05) is 26.1 Å². The van der Waals surface area contributed by atoms with Gasteiger partial charge in [0.25, 0.3) is 11.6 Å². The molecule has 0 unspecified atom stereocenters. The van der Waals surface area contributed by atoms with E-state index >= 15 is 0 Å². The average Bonchev–Trinajstić information content (AvgIpc) is 2.36. The first-order chi connectivity index (χ1) is 9.32. The van der Waals surface area contributed by atoms with Gasteiger partial charge < -0.3 is 15.4 Å². The van der Waals surface area contributed by atoms with Crippen molar-refractivity contribution in [3.05, 3.63) is 33.9 Å². The van der Waals surface area contributed by atoms with E-state index in [1.807, 2.05) is 13.8 Å². The van der Waals surface area contributed by atoms with Crippen molar-refractivity contribution in [3.8, 4) is 0 Å². The third kappa shape index (κ3) is 3.67. The van der Waals surface area contributed by atoms with Gasteiger partial charge in [-0.05, 0) is 19.9 Å². The Morgan fingerprint density at radius 1 is 1.45 bits per heavy atom. The fraction of sp³-hybridized carbons (Fsp3) is 0.462. The summed E-state index contributed by atoms with van der Waals surface area (Å²) in [6.07, 6.45) is 0. The molecule has 1 aromatic carbocycles. The average molecular weight is 281 g/mol. The van der Waals surface area contributed by atoms with E-state index in [1.54, 1.807) is 14.2 Å². The number of carbonyl (C=O) groups excluding carboxylic acids is 1. The van der Waals surface area contributed by atoms with Gasteiger partial charge in [-0.25, -0.2) is 0 Å². The second-order valence-corrected chi connectivity index (χ2v) is 4.98. The predicted molar refractivity (Wildman–Crippen MR) is 76.1 cm³/mol. The fourth-order valence-electron chi connectivity index (χ4n) is 1.92. The minimum Gasteiger partial charge on any atom is -0.382 e. The molecule has 2 N–H and O–H groups in total. The van der Waals surface area contributed by atoms with Gasteiger partial charge in [-0.15, -0.1) is 0 Å². The zero-order chi connectivity index (χ0) is 15.3. The van der Waals surface area contributed by atoms with Crippen LogP contribution in [0.5, 0.6) is 0 Å². The van der Waals surface area contributed by atoms with Crippen LogP contribution in [0.4, 0.5) is 11.4 Å². The van der Waals surface area contributed by atoms with E-state index in [1.165, 1.54) is 18.2 Å². The predicted octanol–water partition coefficient (Wildman–Crippen LogP) is 1.79. The van der Waals surface area contributed by atoms with Gasteiger partial charge in [0.2, 0.25) is 0 Å². The van der Waals surface area contributed by atoms with Crippen molar-refractivity contribution >= 4 is 17.3 Å². The molecule has 0 bridgehead atoms. The molecule has 7 nitrogen and oxygen atoms in total. The number of para-hydroxylation sites is 1. The molecule has 0 aliphatic rings. The van der Waals surface area contributed by atoms with Gasteiger partial charge in [0.05, 0.1) is 22.6 Å². The molecule has 0 heterocycles. The summed E-state index contributed by atoms with van der Waals surface area (Å²) < 4.78 is 5.02. The fourth-order valence-corrected chi connectivity index (χ4v) is 1.92. The van der Waals surface area contributed by atoms with Crippen LogP contribution in [0.2, 0.25) is 0 Å². The topological polar surface area (TPSA) is 93.5 Å². The third-order valence-corrected chi connectivity index (χ3v) is 2.69. The number of anilines is 1. The van der Waals surface area contributed by atoms with Crippen LogP contribution in [-0.2, 0) is 4.74 Å². The Labute approximate surface area is 117 Å². The number of rotatable bonds is 6. The molecule has 0 aliphatic heterocycles. The lowest BCUT2D eigenvalue weighted by atomic mass is 10.0. The summed E-state index contributed by atoms with van der Waals surface area (Å²) in [5.41, 5.74) is -0.277. The first kappa shape index (κ1) is 15.9. The lowest BCUT2D eigenvalue weighted by Gasteiger charge is -2.25. The Bertz CT molecular complexity index is 514. The highest BCUT2D eigenvalue weighted by Crippen LogP contribution is 2.28. The number of methoxy groups -OCH3 is 1. The molecule has 0 aliphatic carbocycles. The first-order valence-corrected chi connectivity index (χ1v) is 6.09. The molecule has 1 amide bonds. The standard InChI is InChI=1S/C13H19N3O4/c1-13(2,8-20-4)15-12(17)9-6-5-7-10(16(18)19)11(9)14-3/h5-7,14H,8H2,1-4H3,(H,15,17). The second-order valence-electron chi connectivity index (χ2n) is 4.98. The van der Waals surface area contributed by atoms with Crippen LogP contribution in [0.1, 0.15) is 24.2 Å². The van der Waals surface area contributed by atoms with E-state index in [9.17, 15) is 14.9 Å². The molecular formula is C13H19N3O4. The number of hydrogen-bond acceptors (Lipinski definition) is 5. The van der Waals surface area contributed by atoms with Gasteiger partial charge in [0.15, 0.2) is 0 Å². The number of nitrogens with one attached hydrogen (secondary N) is 2. The van der Waals surface area contributed by atoms with Gasteiger partial charge in [-0.1, -0.05) is 6.07 Å².